The molecule has 0 atom stereocenters. The van der Waals surface area contributed by atoms with Crippen molar-refractivity contribution in [2.24, 2.45) is 0 Å². The van der Waals surface area contributed by atoms with E-state index >= 15 is 0 Å². The largest absolute Gasteiger partial charge is 0.494 e. The van der Waals surface area contributed by atoms with E-state index in [-0.39, 0.29) is 17.9 Å². The number of ether oxygens (including phenoxy) is 1. The van der Waals surface area contributed by atoms with E-state index in [1.807, 2.05) is 31.2 Å². The summed E-state index contributed by atoms with van der Waals surface area (Å²) in [7, 11) is 0. The minimum Gasteiger partial charge on any atom is -0.494 e. The Balaban J connectivity index is 1.85. The minimum atomic E-state index is -1.10. The van der Waals surface area contributed by atoms with Crippen molar-refractivity contribution < 1.29 is 23.8 Å². The van der Waals surface area contributed by atoms with Gasteiger partial charge in [-0.15, -0.1) is 0 Å². The predicted molar refractivity (Wildman–Crippen MR) is 96.9 cm³/mol. The Labute approximate surface area is 151 Å². The van der Waals surface area contributed by atoms with Gasteiger partial charge in [-0.3, -0.25) is 9.59 Å². The fraction of sp³-hybridized carbons (Fsp3) is 0.300. The van der Waals surface area contributed by atoms with Crippen LogP contribution in [0.15, 0.2) is 42.5 Å². The average Bonchev–Trinajstić information content (AvgIpc) is 2.61. The third-order valence-electron chi connectivity index (χ3n) is 3.72. The van der Waals surface area contributed by atoms with Gasteiger partial charge in [-0.2, -0.15) is 0 Å². The lowest BCUT2D eigenvalue weighted by Gasteiger charge is -2.08. The number of hydrogen-bond acceptors (Lipinski definition) is 3. The standard InChI is InChI=1S/C20H22FNO4/c1-2-11-26-17-8-3-14(4-9-17)5-10-19(23)22-16-7-6-15(12-20(24)25)18(21)13-16/h3-4,6-9,13H,2,5,10-12H2,1H3,(H,22,23)(H,24,25). The molecule has 2 aromatic rings. The summed E-state index contributed by atoms with van der Waals surface area (Å²) >= 11 is 0. The first kappa shape index (κ1) is 19.4. The highest BCUT2D eigenvalue weighted by Crippen LogP contribution is 2.17. The summed E-state index contributed by atoms with van der Waals surface area (Å²) in [5.74, 6) is -1.18. The molecule has 0 fully saturated rings. The number of aryl methyl sites for hydroxylation is 1. The lowest BCUT2D eigenvalue weighted by Crippen LogP contribution is -2.13. The first-order valence-electron chi connectivity index (χ1n) is 8.49. The van der Waals surface area contributed by atoms with Gasteiger partial charge >= 0.3 is 5.97 Å². The van der Waals surface area contributed by atoms with Crippen molar-refractivity contribution in [3.63, 3.8) is 0 Å². The normalized spacial score (nSPS) is 10.4. The highest BCUT2D eigenvalue weighted by molar-refractivity contribution is 5.90. The molecular weight excluding hydrogens is 337 g/mol. The zero-order chi connectivity index (χ0) is 18.9. The van der Waals surface area contributed by atoms with Crippen LogP contribution in [0.25, 0.3) is 0 Å². The smallest absolute Gasteiger partial charge is 0.307 e. The average molecular weight is 359 g/mol. The summed E-state index contributed by atoms with van der Waals surface area (Å²) in [5, 5.41) is 11.3. The number of anilines is 1. The number of rotatable bonds is 9. The van der Waals surface area contributed by atoms with Crippen LogP contribution in [0.3, 0.4) is 0 Å². The summed E-state index contributed by atoms with van der Waals surface area (Å²) in [6.07, 6.45) is 1.37. The highest BCUT2D eigenvalue weighted by atomic mass is 19.1. The quantitative estimate of drug-likeness (QED) is 0.714. The first-order chi connectivity index (χ1) is 12.5. The monoisotopic (exact) mass is 359 g/mol. The molecule has 0 saturated carbocycles. The van der Waals surface area contributed by atoms with Crippen LogP contribution in [0.4, 0.5) is 10.1 Å². The number of halogens is 1. The van der Waals surface area contributed by atoms with E-state index in [2.05, 4.69) is 5.32 Å². The molecule has 0 aromatic heterocycles. The summed E-state index contributed by atoms with van der Waals surface area (Å²) in [4.78, 5) is 22.6. The predicted octanol–water partition coefficient (Wildman–Crippen LogP) is 3.81. The molecular formula is C20H22FNO4. The van der Waals surface area contributed by atoms with Crippen molar-refractivity contribution in [1.82, 2.24) is 0 Å². The van der Waals surface area contributed by atoms with Crippen molar-refractivity contribution in [2.75, 3.05) is 11.9 Å². The maximum atomic E-state index is 13.8. The zero-order valence-corrected chi connectivity index (χ0v) is 14.6. The topological polar surface area (TPSA) is 75.6 Å². The maximum absolute atomic E-state index is 13.8. The zero-order valence-electron chi connectivity index (χ0n) is 14.6. The van der Waals surface area contributed by atoms with E-state index in [1.54, 1.807) is 0 Å². The van der Waals surface area contributed by atoms with Gasteiger partial charge in [0.05, 0.1) is 13.0 Å². The Kier molecular flexibility index (Phi) is 7.14. The van der Waals surface area contributed by atoms with Crippen LogP contribution in [0, 0.1) is 5.82 Å². The lowest BCUT2D eigenvalue weighted by molar-refractivity contribution is -0.136. The molecule has 0 aliphatic carbocycles. The fourth-order valence-electron chi connectivity index (χ4n) is 2.38. The van der Waals surface area contributed by atoms with Gasteiger partial charge in [-0.1, -0.05) is 25.1 Å². The molecule has 0 aliphatic heterocycles. The molecule has 0 heterocycles. The van der Waals surface area contributed by atoms with Crippen molar-refractivity contribution in [3.05, 3.63) is 59.4 Å². The van der Waals surface area contributed by atoms with E-state index in [9.17, 15) is 14.0 Å². The third kappa shape index (κ3) is 6.20. The van der Waals surface area contributed by atoms with Gasteiger partial charge in [-0.05, 0) is 48.2 Å². The van der Waals surface area contributed by atoms with Crippen LogP contribution in [-0.4, -0.2) is 23.6 Å². The SMILES string of the molecule is CCCOc1ccc(CCC(=O)Nc2ccc(CC(=O)O)c(F)c2)cc1. The molecule has 0 bridgehead atoms. The van der Waals surface area contributed by atoms with Gasteiger partial charge in [0.1, 0.15) is 11.6 Å². The molecule has 6 heteroatoms. The van der Waals surface area contributed by atoms with Crippen molar-refractivity contribution in [1.29, 1.82) is 0 Å². The highest BCUT2D eigenvalue weighted by Gasteiger charge is 2.09. The van der Waals surface area contributed by atoms with E-state index in [4.69, 9.17) is 9.84 Å². The molecule has 5 nitrogen and oxygen atoms in total. The van der Waals surface area contributed by atoms with Crippen LogP contribution in [-0.2, 0) is 22.4 Å². The summed E-state index contributed by atoms with van der Waals surface area (Å²) in [6, 6.07) is 11.6. The van der Waals surface area contributed by atoms with Crippen molar-refractivity contribution >= 4 is 17.6 Å². The molecule has 0 unspecified atom stereocenters. The molecule has 0 radical (unpaired) electrons. The summed E-state index contributed by atoms with van der Waals surface area (Å²) in [5.41, 5.74) is 1.40. The Bertz CT molecular complexity index is 759. The number of carbonyl (C=O) groups is 2. The first-order valence-corrected chi connectivity index (χ1v) is 8.49. The molecule has 0 spiro atoms. The molecule has 2 N–H and O–H groups in total. The minimum absolute atomic E-state index is 0.0841. The number of hydrogen-bond donors (Lipinski definition) is 2. The molecule has 2 rings (SSSR count). The third-order valence-corrected chi connectivity index (χ3v) is 3.72. The number of aliphatic carboxylic acids is 1. The van der Waals surface area contributed by atoms with Gasteiger partial charge in [-0.25, -0.2) is 4.39 Å². The molecule has 138 valence electrons. The second kappa shape index (κ2) is 9.56. The number of carboxylic acid groups (broad SMARTS) is 1. The number of amides is 1. The molecule has 0 saturated heterocycles. The number of carbonyl (C=O) groups excluding carboxylic acids is 1. The summed E-state index contributed by atoms with van der Waals surface area (Å²) < 4.78 is 19.3. The molecule has 2 aromatic carbocycles. The van der Waals surface area contributed by atoms with E-state index in [0.29, 0.717) is 18.7 Å². The van der Waals surface area contributed by atoms with Gasteiger partial charge in [0.15, 0.2) is 0 Å². The van der Waals surface area contributed by atoms with E-state index in [1.165, 1.54) is 12.1 Å². The second-order valence-corrected chi connectivity index (χ2v) is 5.92. The Morgan fingerprint density at radius 2 is 1.88 bits per heavy atom. The van der Waals surface area contributed by atoms with Gasteiger partial charge in [0.25, 0.3) is 0 Å². The van der Waals surface area contributed by atoms with Crippen molar-refractivity contribution in [3.8, 4) is 5.75 Å². The van der Waals surface area contributed by atoms with Crippen LogP contribution >= 0.6 is 0 Å². The maximum Gasteiger partial charge on any atom is 0.307 e. The van der Waals surface area contributed by atoms with Gasteiger partial charge in [0, 0.05) is 12.1 Å². The van der Waals surface area contributed by atoms with Crippen LogP contribution in [0.1, 0.15) is 30.9 Å². The fourth-order valence-corrected chi connectivity index (χ4v) is 2.38. The Morgan fingerprint density at radius 3 is 2.50 bits per heavy atom. The van der Waals surface area contributed by atoms with Crippen LogP contribution < -0.4 is 10.1 Å². The molecule has 26 heavy (non-hydrogen) atoms. The summed E-state index contributed by atoms with van der Waals surface area (Å²) in [6.45, 7) is 2.71. The second-order valence-electron chi connectivity index (χ2n) is 5.92. The molecule has 0 aliphatic rings. The lowest BCUT2D eigenvalue weighted by atomic mass is 10.1. The number of nitrogens with one attached hydrogen (secondary N) is 1. The van der Waals surface area contributed by atoms with E-state index < -0.39 is 18.2 Å². The Morgan fingerprint density at radius 1 is 1.15 bits per heavy atom. The van der Waals surface area contributed by atoms with Gasteiger partial charge < -0.3 is 15.2 Å². The van der Waals surface area contributed by atoms with Crippen LogP contribution in [0.2, 0.25) is 0 Å². The van der Waals surface area contributed by atoms with Crippen molar-refractivity contribution in [2.45, 2.75) is 32.6 Å². The van der Waals surface area contributed by atoms with Gasteiger partial charge in [0.2, 0.25) is 5.91 Å². The van der Waals surface area contributed by atoms with E-state index in [0.717, 1.165) is 23.8 Å². The molecule has 1 amide bonds. The Hall–Kier alpha value is -2.89. The number of carboxylic acids is 1. The van der Waals surface area contributed by atoms with Crippen LogP contribution in [0.5, 0.6) is 5.75 Å². The number of benzene rings is 2.